The largest absolute Gasteiger partial charge is 0.501 e. The maximum Gasteiger partial charge on any atom is 0.123 e. The number of rotatable bonds is 3. The minimum Gasteiger partial charge on any atom is -0.501 e. The van der Waals surface area contributed by atoms with Gasteiger partial charge in [-0.3, -0.25) is 0 Å². The minimum absolute atomic E-state index is 0.0787. The van der Waals surface area contributed by atoms with Gasteiger partial charge in [0.2, 0.25) is 0 Å². The summed E-state index contributed by atoms with van der Waals surface area (Å²) in [5.41, 5.74) is 2.12. The van der Waals surface area contributed by atoms with Crippen LogP contribution >= 0.6 is 0 Å². The monoisotopic (exact) mass is 219 g/mol. The Bertz CT molecular complexity index is 410. The Morgan fingerprint density at radius 1 is 1.06 bits per heavy atom. The molecule has 0 heterocycles. The van der Waals surface area contributed by atoms with Crippen LogP contribution in [0.2, 0.25) is 0 Å². The van der Waals surface area contributed by atoms with Gasteiger partial charge in [-0.15, -0.1) is 0 Å². The van der Waals surface area contributed by atoms with E-state index in [1.54, 1.807) is 21.3 Å². The van der Waals surface area contributed by atoms with E-state index in [0.717, 1.165) is 22.6 Å². The van der Waals surface area contributed by atoms with Gasteiger partial charge in [0.15, 0.2) is 0 Å². The van der Waals surface area contributed by atoms with Crippen LogP contribution in [0.3, 0.4) is 0 Å². The van der Waals surface area contributed by atoms with E-state index in [-0.39, 0.29) is 6.10 Å². The number of allylic oxidation sites excluding steroid dienone is 1. The van der Waals surface area contributed by atoms with E-state index >= 15 is 0 Å². The van der Waals surface area contributed by atoms with Gasteiger partial charge in [0.05, 0.1) is 20.6 Å². The third kappa shape index (κ3) is 1.78. The van der Waals surface area contributed by atoms with Crippen molar-refractivity contribution in [2.45, 2.75) is 6.10 Å². The second kappa shape index (κ2) is 4.58. The summed E-state index contributed by atoms with van der Waals surface area (Å²) in [6.45, 7) is 0. The number of hydrogen-bond donors (Lipinski definition) is 0. The molecule has 3 heteroatoms. The number of hydrogen-bond acceptors (Lipinski definition) is 3. The molecule has 0 fully saturated rings. The van der Waals surface area contributed by atoms with Crippen molar-refractivity contribution in [2.75, 3.05) is 21.3 Å². The van der Waals surface area contributed by atoms with Gasteiger partial charge < -0.3 is 14.2 Å². The summed E-state index contributed by atoms with van der Waals surface area (Å²) >= 11 is 0. The van der Waals surface area contributed by atoms with Crippen molar-refractivity contribution in [3.63, 3.8) is 0 Å². The van der Waals surface area contributed by atoms with Gasteiger partial charge in [-0.05, 0) is 17.7 Å². The fourth-order valence-electron chi connectivity index (χ4n) is 1.89. The normalized spacial score (nSPS) is 18.7. The van der Waals surface area contributed by atoms with Crippen LogP contribution in [-0.2, 0) is 9.47 Å². The summed E-state index contributed by atoms with van der Waals surface area (Å²) in [6.07, 6.45) is 3.83. The highest BCUT2D eigenvalue weighted by molar-refractivity contribution is 5.53. The Hall–Kier alpha value is -1.48. The zero-order chi connectivity index (χ0) is 11.5. The molecule has 85 valence electrons. The molecule has 1 radical (unpaired) electrons. The molecule has 0 aliphatic heterocycles. The molecule has 2 rings (SSSR count). The van der Waals surface area contributed by atoms with E-state index < -0.39 is 0 Å². The number of benzene rings is 1. The maximum absolute atomic E-state index is 5.42. The highest BCUT2D eigenvalue weighted by Gasteiger charge is 2.23. The molecule has 0 aromatic heterocycles. The molecule has 0 N–H and O–H groups in total. The van der Waals surface area contributed by atoms with Crippen molar-refractivity contribution in [2.24, 2.45) is 0 Å². The SMILES string of the molecule is COC1=CC(OC)c2cccc(OC)c2[CH]1. The molecular formula is C13H15O3. The molecule has 0 amide bonds. The molecule has 0 spiro atoms. The minimum atomic E-state index is -0.0787. The van der Waals surface area contributed by atoms with Crippen LogP contribution < -0.4 is 4.74 Å². The van der Waals surface area contributed by atoms with Crippen LogP contribution in [0, 0.1) is 6.42 Å². The van der Waals surface area contributed by atoms with Crippen molar-refractivity contribution in [1.82, 2.24) is 0 Å². The van der Waals surface area contributed by atoms with Crippen molar-refractivity contribution in [3.8, 4) is 5.75 Å². The number of methoxy groups -OCH3 is 3. The summed E-state index contributed by atoms with van der Waals surface area (Å²) in [4.78, 5) is 0. The second-order valence-electron chi connectivity index (χ2n) is 3.54. The summed E-state index contributed by atoms with van der Waals surface area (Å²) in [5.74, 6) is 1.63. The Morgan fingerprint density at radius 2 is 1.88 bits per heavy atom. The van der Waals surface area contributed by atoms with Gasteiger partial charge in [-0.25, -0.2) is 0 Å². The van der Waals surface area contributed by atoms with Crippen LogP contribution in [0.5, 0.6) is 5.75 Å². The molecule has 1 unspecified atom stereocenters. The number of ether oxygens (including phenoxy) is 3. The Balaban J connectivity index is 2.47. The lowest BCUT2D eigenvalue weighted by atomic mass is 9.92. The lowest BCUT2D eigenvalue weighted by Crippen LogP contribution is -2.11. The molecule has 1 aliphatic rings. The molecular weight excluding hydrogens is 204 g/mol. The molecule has 16 heavy (non-hydrogen) atoms. The Morgan fingerprint density at radius 3 is 2.50 bits per heavy atom. The van der Waals surface area contributed by atoms with Gasteiger partial charge in [0, 0.05) is 12.7 Å². The third-order valence-corrected chi connectivity index (χ3v) is 2.72. The molecule has 1 atom stereocenters. The van der Waals surface area contributed by atoms with E-state index in [2.05, 4.69) is 0 Å². The van der Waals surface area contributed by atoms with Crippen molar-refractivity contribution < 1.29 is 14.2 Å². The van der Waals surface area contributed by atoms with Gasteiger partial charge >= 0.3 is 0 Å². The molecule has 0 saturated heterocycles. The predicted octanol–water partition coefficient (Wildman–Crippen LogP) is 2.48. The van der Waals surface area contributed by atoms with Gasteiger partial charge in [0.25, 0.3) is 0 Å². The van der Waals surface area contributed by atoms with Crippen LogP contribution in [0.4, 0.5) is 0 Å². The molecule has 1 aliphatic carbocycles. The van der Waals surface area contributed by atoms with Crippen LogP contribution in [0.25, 0.3) is 0 Å². The first-order valence-corrected chi connectivity index (χ1v) is 5.10. The second-order valence-corrected chi connectivity index (χ2v) is 3.54. The fraction of sp³-hybridized carbons (Fsp3) is 0.308. The smallest absolute Gasteiger partial charge is 0.123 e. The maximum atomic E-state index is 5.42. The van der Waals surface area contributed by atoms with E-state index in [9.17, 15) is 0 Å². The highest BCUT2D eigenvalue weighted by atomic mass is 16.5. The highest BCUT2D eigenvalue weighted by Crippen LogP contribution is 2.37. The van der Waals surface area contributed by atoms with Crippen molar-refractivity contribution in [3.05, 3.63) is 47.6 Å². The van der Waals surface area contributed by atoms with Gasteiger partial charge in [-0.1, -0.05) is 12.1 Å². The van der Waals surface area contributed by atoms with Crippen LogP contribution in [0.15, 0.2) is 30.0 Å². The first kappa shape index (κ1) is 11.0. The first-order valence-electron chi connectivity index (χ1n) is 5.10. The van der Waals surface area contributed by atoms with E-state index in [4.69, 9.17) is 14.2 Å². The predicted molar refractivity (Wildman–Crippen MR) is 61.2 cm³/mol. The van der Waals surface area contributed by atoms with Gasteiger partial charge in [0.1, 0.15) is 17.6 Å². The van der Waals surface area contributed by atoms with E-state index in [0.29, 0.717) is 0 Å². The standard InChI is InChI=1S/C13H15O3/c1-14-9-7-11-10(13(8-9)16-3)5-4-6-12(11)15-2/h4-8,13H,1-3H3. The van der Waals surface area contributed by atoms with Gasteiger partial charge in [-0.2, -0.15) is 0 Å². The van der Waals surface area contributed by atoms with E-state index in [1.165, 1.54) is 0 Å². The van der Waals surface area contributed by atoms with Crippen molar-refractivity contribution in [1.29, 1.82) is 0 Å². The first-order chi connectivity index (χ1) is 7.80. The summed E-state index contributed by atoms with van der Waals surface area (Å²) < 4.78 is 16.0. The summed E-state index contributed by atoms with van der Waals surface area (Å²) in [5, 5.41) is 0. The van der Waals surface area contributed by atoms with Crippen LogP contribution in [-0.4, -0.2) is 21.3 Å². The lowest BCUT2D eigenvalue weighted by Gasteiger charge is -2.24. The zero-order valence-electron chi connectivity index (χ0n) is 9.69. The Kier molecular flexibility index (Phi) is 3.15. The fourth-order valence-corrected chi connectivity index (χ4v) is 1.89. The molecule has 1 aromatic rings. The molecule has 0 saturated carbocycles. The molecule has 0 bridgehead atoms. The average Bonchev–Trinajstić information content (AvgIpc) is 2.36. The lowest BCUT2D eigenvalue weighted by molar-refractivity contribution is 0.134. The Labute approximate surface area is 95.6 Å². The number of fused-ring (bicyclic) bond motifs is 1. The quantitative estimate of drug-likeness (QED) is 0.781. The van der Waals surface area contributed by atoms with Crippen LogP contribution in [0.1, 0.15) is 17.2 Å². The molecule has 3 nitrogen and oxygen atoms in total. The molecule has 1 aromatic carbocycles. The third-order valence-electron chi connectivity index (χ3n) is 2.72. The van der Waals surface area contributed by atoms with Crippen molar-refractivity contribution >= 4 is 0 Å². The summed E-state index contributed by atoms with van der Waals surface area (Å²) in [6, 6.07) is 5.93. The topological polar surface area (TPSA) is 27.7 Å². The summed E-state index contributed by atoms with van der Waals surface area (Å²) in [7, 11) is 4.99. The van der Waals surface area contributed by atoms with E-state index in [1.807, 2.05) is 30.7 Å². The zero-order valence-corrected chi connectivity index (χ0v) is 9.69. The average molecular weight is 219 g/mol.